The minimum Gasteiger partial charge on any atom is -0.387 e. The van der Waals surface area contributed by atoms with Gasteiger partial charge in [0.05, 0.1) is 12.1 Å². The van der Waals surface area contributed by atoms with Crippen LogP contribution in [-0.2, 0) is 0 Å². The predicted molar refractivity (Wildman–Crippen MR) is 110 cm³/mol. The van der Waals surface area contributed by atoms with Crippen LogP contribution in [-0.4, -0.2) is 60.9 Å². The van der Waals surface area contributed by atoms with Gasteiger partial charge in [0.1, 0.15) is 0 Å². The molecule has 1 fully saturated rings. The van der Waals surface area contributed by atoms with Gasteiger partial charge in [-0.2, -0.15) is 11.8 Å². The van der Waals surface area contributed by atoms with E-state index < -0.39 is 5.60 Å². The van der Waals surface area contributed by atoms with Crippen molar-refractivity contribution >= 4 is 23.4 Å². The molecule has 0 radical (unpaired) electrons. The topological polar surface area (TPSA) is 59.9 Å². The molecule has 0 aromatic heterocycles. The van der Waals surface area contributed by atoms with E-state index in [1.54, 1.807) is 11.8 Å². The van der Waals surface area contributed by atoms with Crippen molar-refractivity contribution in [3.05, 3.63) is 29.8 Å². The van der Waals surface area contributed by atoms with Gasteiger partial charge in [0.2, 0.25) is 0 Å². The molecular formula is C19H32N4OS. The number of nitrogens with one attached hydrogen (secondary N) is 2. The third-order valence-corrected chi connectivity index (χ3v) is 5.62. The highest BCUT2D eigenvalue weighted by Gasteiger charge is 2.31. The van der Waals surface area contributed by atoms with Gasteiger partial charge in [-0.15, -0.1) is 0 Å². The van der Waals surface area contributed by atoms with Crippen LogP contribution in [0.1, 0.15) is 25.8 Å². The van der Waals surface area contributed by atoms with Crippen LogP contribution < -0.4 is 15.5 Å². The number of aryl methyl sites for hydroxylation is 1. The number of guanidine groups is 1. The van der Waals surface area contributed by atoms with E-state index in [1.807, 2.05) is 0 Å². The van der Waals surface area contributed by atoms with E-state index in [9.17, 15) is 5.11 Å². The van der Waals surface area contributed by atoms with Crippen LogP contribution in [0.4, 0.5) is 5.69 Å². The number of rotatable bonds is 8. The number of hydrogen-bond acceptors (Lipinski definition) is 4. The molecule has 0 amide bonds. The Morgan fingerprint density at radius 1 is 1.36 bits per heavy atom. The average Bonchev–Trinajstić information content (AvgIpc) is 3.03. The van der Waals surface area contributed by atoms with Crippen LogP contribution in [0.5, 0.6) is 0 Å². The number of benzene rings is 1. The number of anilines is 1. The fraction of sp³-hybridized carbons (Fsp3) is 0.632. The lowest BCUT2D eigenvalue weighted by molar-refractivity contribution is 0.0778. The minimum atomic E-state index is -0.635. The molecule has 1 aromatic rings. The lowest BCUT2D eigenvalue weighted by Gasteiger charge is -2.24. The van der Waals surface area contributed by atoms with Crippen molar-refractivity contribution in [2.45, 2.75) is 32.8 Å². The highest BCUT2D eigenvalue weighted by molar-refractivity contribution is 7.99. The van der Waals surface area contributed by atoms with Gasteiger partial charge in [-0.25, -0.2) is 0 Å². The van der Waals surface area contributed by atoms with Gasteiger partial charge in [-0.05, 0) is 50.6 Å². The van der Waals surface area contributed by atoms with Gasteiger partial charge < -0.3 is 20.6 Å². The van der Waals surface area contributed by atoms with Crippen LogP contribution in [0, 0.1) is 6.92 Å². The monoisotopic (exact) mass is 364 g/mol. The van der Waals surface area contributed by atoms with Crippen molar-refractivity contribution in [3.8, 4) is 0 Å². The standard InChI is InChI=1S/C19H32N4OS/c1-4-20-18(22-14-19(24)9-12-25-15-19)21-10-11-23(5-2)17-8-6-7-16(3)13-17/h6-8,13,24H,4-5,9-12,14-15H2,1-3H3,(H2,20,21,22). The third-order valence-electron chi connectivity index (χ3n) is 4.38. The summed E-state index contributed by atoms with van der Waals surface area (Å²) < 4.78 is 0. The fourth-order valence-electron chi connectivity index (χ4n) is 2.89. The van der Waals surface area contributed by atoms with E-state index in [4.69, 9.17) is 0 Å². The Morgan fingerprint density at radius 3 is 2.84 bits per heavy atom. The van der Waals surface area contributed by atoms with E-state index >= 15 is 0 Å². The van der Waals surface area contributed by atoms with E-state index in [-0.39, 0.29) is 0 Å². The van der Waals surface area contributed by atoms with Crippen LogP contribution in [0.25, 0.3) is 0 Å². The van der Waals surface area contributed by atoms with Crippen LogP contribution >= 0.6 is 11.8 Å². The summed E-state index contributed by atoms with van der Waals surface area (Å²) in [7, 11) is 0. The first-order valence-corrected chi connectivity index (χ1v) is 10.4. The molecule has 25 heavy (non-hydrogen) atoms. The molecule has 5 nitrogen and oxygen atoms in total. The van der Waals surface area contributed by atoms with Crippen molar-refractivity contribution in [1.82, 2.24) is 10.6 Å². The summed E-state index contributed by atoms with van der Waals surface area (Å²) in [6.45, 7) is 10.3. The molecule has 1 unspecified atom stereocenters. The SMILES string of the molecule is CCNC(=NCC1(O)CCSC1)NCCN(CC)c1cccc(C)c1. The first-order valence-electron chi connectivity index (χ1n) is 9.20. The van der Waals surface area contributed by atoms with Crippen LogP contribution in [0.2, 0.25) is 0 Å². The number of aliphatic imine (C=N–C) groups is 1. The summed E-state index contributed by atoms with van der Waals surface area (Å²) in [5, 5.41) is 17.1. The van der Waals surface area contributed by atoms with Gasteiger partial charge in [-0.1, -0.05) is 12.1 Å². The number of likely N-dealkylation sites (N-methyl/N-ethyl adjacent to an activating group) is 1. The molecule has 1 aliphatic rings. The fourth-order valence-corrected chi connectivity index (χ4v) is 4.18. The lowest BCUT2D eigenvalue weighted by atomic mass is 10.1. The summed E-state index contributed by atoms with van der Waals surface area (Å²) in [4.78, 5) is 6.94. The zero-order valence-electron chi connectivity index (χ0n) is 15.7. The van der Waals surface area contributed by atoms with Crippen molar-refractivity contribution in [2.24, 2.45) is 4.99 Å². The molecule has 2 rings (SSSR count). The molecule has 6 heteroatoms. The quantitative estimate of drug-likeness (QED) is 0.488. The molecule has 0 spiro atoms. The van der Waals surface area contributed by atoms with Crippen molar-refractivity contribution in [1.29, 1.82) is 0 Å². The zero-order valence-corrected chi connectivity index (χ0v) is 16.5. The summed E-state index contributed by atoms with van der Waals surface area (Å²) in [6, 6.07) is 8.60. The molecule has 1 aromatic carbocycles. The predicted octanol–water partition coefficient (Wildman–Crippen LogP) is 2.24. The molecule has 1 aliphatic heterocycles. The molecule has 0 aliphatic carbocycles. The third kappa shape index (κ3) is 6.44. The molecule has 0 saturated carbocycles. The Morgan fingerprint density at radius 2 is 2.20 bits per heavy atom. The Hall–Kier alpha value is -1.40. The van der Waals surface area contributed by atoms with E-state index in [1.165, 1.54) is 11.3 Å². The van der Waals surface area contributed by atoms with Crippen LogP contribution in [0.15, 0.2) is 29.3 Å². The second-order valence-corrected chi connectivity index (χ2v) is 7.67. The number of nitrogens with zero attached hydrogens (tertiary/aromatic N) is 2. The largest absolute Gasteiger partial charge is 0.387 e. The normalized spacial score (nSPS) is 20.6. The van der Waals surface area contributed by atoms with Gasteiger partial charge in [-0.3, -0.25) is 4.99 Å². The molecule has 0 bridgehead atoms. The number of aliphatic hydroxyl groups is 1. The highest BCUT2D eigenvalue weighted by atomic mass is 32.2. The van der Waals surface area contributed by atoms with E-state index in [0.717, 1.165) is 50.1 Å². The number of hydrogen-bond donors (Lipinski definition) is 3. The zero-order chi connectivity index (χ0) is 18.1. The Labute approximate surface area is 156 Å². The molecular weight excluding hydrogens is 332 g/mol. The molecule has 1 atom stereocenters. The maximum atomic E-state index is 10.4. The molecule has 140 valence electrons. The average molecular weight is 365 g/mol. The Bertz CT molecular complexity index is 558. The van der Waals surface area contributed by atoms with Crippen molar-refractivity contribution < 1.29 is 5.11 Å². The molecule has 3 N–H and O–H groups in total. The van der Waals surface area contributed by atoms with Gasteiger partial charge in [0.15, 0.2) is 5.96 Å². The van der Waals surface area contributed by atoms with E-state index in [2.05, 4.69) is 65.6 Å². The molecule has 1 saturated heterocycles. The number of thioether (sulfide) groups is 1. The summed E-state index contributed by atoms with van der Waals surface area (Å²) in [6.07, 6.45) is 0.831. The maximum Gasteiger partial charge on any atom is 0.191 e. The van der Waals surface area contributed by atoms with Crippen molar-refractivity contribution in [2.75, 3.05) is 49.1 Å². The lowest BCUT2D eigenvalue weighted by Crippen LogP contribution is -2.43. The Kier molecular flexibility index (Phi) is 7.90. The summed E-state index contributed by atoms with van der Waals surface area (Å²) in [5.41, 5.74) is 1.90. The van der Waals surface area contributed by atoms with Gasteiger partial charge in [0, 0.05) is 37.6 Å². The van der Waals surface area contributed by atoms with Crippen LogP contribution in [0.3, 0.4) is 0 Å². The second kappa shape index (κ2) is 9.92. The summed E-state index contributed by atoms with van der Waals surface area (Å²) >= 11 is 1.80. The minimum absolute atomic E-state index is 0.463. The first-order chi connectivity index (χ1) is 12.1. The van der Waals surface area contributed by atoms with Gasteiger partial charge in [0.25, 0.3) is 0 Å². The molecule has 1 heterocycles. The summed E-state index contributed by atoms with van der Waals surface area (Å²) in [5.74, 6) is 2.60. The van der Waals surface area contributed by atoms with Crippen molar-refractivity contribution in [3.63, 3.8) is 0 Å². The maximum absolute atomic E-state index is 10.4. The first kappa shape index (κ1) is 19.9. The second-order valence-electron chi connectivity index (χ2n) is 6.57. The highest BCUT2D eigenvalue weighted by Crippen LogP contribution is 2.27. The smallest absolute Gasteiger partial charge is 0.191 e. The Balaban J connectivity index is 1.87. The van der Waals surface area contributed by atoms with E-state index in [0.29, 0.717) is 6.54 Å². The van der Waals surface area contributed by atoms with Gasteiger partial charge >= 0.3 is 0 Å².